The van der Waals surface area contributed by atoms with Crippen LogP contribution in [-0.4, -0.2) is 40.6 Å². The molecule has 1 aromatic rings. The Morgan fingerprint density at radius 2 is 1.91 bits per heavy atom. The van der Waals surface area contributed by atoms with Gasteiger partial charge < -0.3 is 5.11 Å². The summed E-state index contributed by atoms with van der Waals surface area (Å²) in [5, 5.41) is 8.33. The van der Waals surface area contributed by atoms with Gasteiger partial charge in [0, 0.05) is 29.6 Å². The second-order valence-electron chi connectivity index (χ2n) is 1.78. The van der Waals surface area contributed by atoms with Gasteiger partial charge in [-0.2, -0.15) is 0 Å². The number of benzene rings is 1. The van der Waals surface area contributed by atoms with Gasteiger partial charge in [0.1, 0.15) is 5.82 Å². The molecule has 1 rings (SSSR count). The van der Waals surface area contributed by atoms with E-state index in [0.29, 0.717) is 0 Å². The summed E-state index contributed by atoms with van der Waals surface area (Å²) >= 11 is 0. The van der Waals surface area contributed by atoms with Crippen molar-refractivity contribution >= 4 is 35.5 Å². The van der Waals surface area contributed by atoms with Crippen LogP contribution in [0.15, 0.2) is 24.3 Å². The van der Waals surface area contributed by atoms with Crippen LogP contribution >= 0.6 is 0 Å². The third kappa shape index (κ3) is 2.61. The van der Waals surface area contributed by atoms with Gasteiger partial charge in [-0.3, -0.25) is 0 Å². The summed E-state index contributed by atoms with van der Waals surface area (Å²) in [6, 6.07) is 5.26. The van der Waals surface area contributed by atoms with Crippen LogP contribution in [0.5, 0.6) is 0 Å². The Balaban J connectivity index is 0.000001000. The fraction of sp³-hybridized carbons (Fsp3) is 0. The molecule has 0 amide bonds. The summed E-state index contributed by atoms with van der Waals surface area (Å²) in [6.45, 7) is 0. The molecule has 53 valence electrons. The van der Waals surface area contributed by atoms with Crippen molar-refractivity contribution in [1.29, 1.82) is 0 Å². The van der Waals surface area contributed by atoms with Crippen molar-refractivity contribution in [2.75, 3.05) is 0 Å². The number of hydrogen-bond acceptors (Lipinski definition) is 1. The van der Waals surface area contributed by atoms with Crippen LogP contribution in [0.3, 0.4) is 0 Å². The molecule has 0 aliphatic heterocycles. The maximum absolute atomic E-state index is 12.5. The molecular weight excluding hydrogens is 158 g/mol. The van der Waals surface area contributed by atoms with Gasteiger partial charge in [-0.15, -0.1) is 0 Å². The van der Waals surface area contributed by atoms with E-state index in [4.69, 9.17) is 5.11 Å². The minimum atomic E-state index is -1.24. The maximum atomic E-state index is 12.5. The fourth-order valence-corrected chi connectivity index (χ4v) is 0.635. The summed E-state index contributed by atoms with van der Waals surface area (Å²) in [7, 11) is 0. The van der Waals surface area contributed by atoms with Gasteiger partial charge in [0.25, 0.3) is 0 Å². The second kappa shape index (κ2) is 4.49. The maximum Gasteiger partial charge on any atom is 0.338 e. The van der Waals surface area contributed by atoms with E-state index in [0.717, 1.165) is 6.07 Å². The van der Waals surface area contributed by atoms with Crippen molar-refractivity contribution in [2.24, 2.45) is 0 Å². The minimum absolute atomic E-state index is 0. The molecule has 0 spiro atoms. The van der Waals surface area contributed by atoms with Crippen LogP contribution in [0.2, 0.25) is 0 Å². The molecule has 1 radical (unpaired) electrons. The molecule has 0 aliphatic rings. The van der Waals surface area contributed by atoms with E-state index in [2.05, 4.69) is 0 Å². The predicted octanol–water partition coefficient (Wildman–Crippen LogP) is 1.14. The summed E-state index contributed by atoms with van der Waals surface area (Å²) in [5.74, 6) is -1.94. The average Bonchev–Trinajstić information content (AvgIpc) is 1.88. The number of rotatable bonds is 1. The van der Waals surface area contributed by atoms with Gasteiger partial charge in [0.2, 0.25) is 0 Å². The van der Waals surface area contributed by atoms with Crippen molar-refractivity contribution < 1.29 is 14.3 Å². The Bertz CT molecular complexity index is 262. The van der Waals surface area contributed by atoms with E-state index in [9.17, 15) is 9.18 Å². The van der Waals surface area contributed by atoms with E-state index < -0.39 is 11.8 Å². The molecule has 2 nitrogen and oxygen atoms in total. The van der Waals surface area contributed by atoms with E-state index >= 15 is 0 Å². The van der Waals surface area contributed by atoms with E-state index in [1.54, 1.807) is 0 Å². The zero-order valence-electron chi connectivity index (χ0n) is 6.04. The van der Waals surface area contributed by atoms with Gasteiger partial charge in [-0.1, -0.05) is 12.1 Å². The van der Waals surface area contributed by atoms with Crippen LogP contribution in [0.25, 0.3) is 0 Å². The normalized spacial score (nSPS) is 8.45. The number of aromatic carboxylic acids is 1. The Kier molecular flexibility index (Phi) is 4.33. The zero-order chi connectivity index (χ0) is 7.56. The van der Waals surface area contributed by atoms with Crippen LogP contribution in [0.4, 0.5) is 4.39 Å². The summed E-state index contributed by atoms with van der Waals surface area (Å²) in [4.78, 5) is 10.2. The molecule has 0 saturated heterocycles. The van der Waals surface area contributed by atoms with Crippen molar-refractivity contribution in [3.63, 3.8) is 0 Å². The Morgan fingerprint density at radius 3 is 2.27 bits per heavy atom. The molecule has 4 heteroatoms. The Labute approximate surface area is 85.3 Å². The largest absolute Gasteiger partial charge is 0.478 e. The topological polar surface area (TPSA) is 37.3 Å². The SMILES string of the molecule is O=C(O)c1ccccc1F.[Na]. The molecule has 0 fully saturated rings. The van der Waals surface area contributed by atoms with Gasteiger partial charge in [0.15, 0.2) is 0 Å². The van der Waals surface area contributed by atoms with Gasteiger partial charge in [0.05, 0.1) is 5.56 Å². The fourth-order valence-electron chi connectivity index (χ4n) is 0.635. The van der Waals surface area contributed by atoms with E-state index in [-0.39, 0.29) is 35.1 Å². The van der Waals surface area contributed by atoms with Crippen molar-refractivity contribution in [3.8, 4) is 0 Å². The van der Waals surface area contributed by atoms with Crippen LogP contribution < -0.4 is 0 Å². The monoisotopic (exact) mass is 163 g/mol. The molecule has 11 heavy (non-hydrogen) atoms. The minimum Gasteiger partial charge on any atom is -0.478 e. The average molecular weight is 163 g/mol. The Morgan fingerprint density at radius 1 is 1.36 bits per heavy atom. The molecule has 0 unspecified atom stereocenters. The number of carboxylic acid groups (broad SMARTS) is 1. The van der Waals surface area contributed by atoms with Crippen LogP contribution in [-0.2, 0) is 0 Å². The standard InChI is InChI=1S/C7H5FO2.Na/c8-6-4-2-1-3-5(6)7(9)10;/h1-4H,(H,9,10);. The number of carbonyl (C=O) groups is 1. The molecule has 0 bridgehead atoms. The van der Waals surface area contributed by atoms with Crippen LogP contribution in [0.1, 0.15) is 10.4 Å². The van der Waals surface area contributed by atoms with E-state index in [1.165, 1.54) is 18.2 Å². The van der Waals surface area contributed by atoms with Crippen molar-refractivity contribution in [3.05, 3.63) is 35.6 Å². The van der Waals surface area contributed by atoms with Crippen molar-refractivity contribution in [1.82, 2.24) is 0 Å². The van der Waals surface area contributed by atoms with E-state index in [1.807, 2.05) is 0 Å². The van der Waals surface area contributed by atoms with Crippen molar-refractivity contribution in [2.45, 2.75) is 0 Å². The molecular formula is C7H5FNaO2. The molecule has 0 heterocycles. The number of halogens is 1. The van der Waals surface area contributed by atoms with Gasteiger partial charge >= 0.3 is 5.97 Å². The quantitative estimate of drug-likeness (QED) is 0.630. The molecule has 0 aliphatic carbocycles. The summed E-state index contributed by atoms with van der Waals surface area (Å²) in [5.41, 5.74) is -0.289. The van der Waals surface area contributed by atoms with Crippen LogP contribution in [0, 0.1) is 5.82 Å². The first-order valence-corrected chi connectivity index (χ1v) is 2.69. The second-order valence-corrected chi connectivity index (χ2v) is 1.78. The first-order chi connectivity index (χ1) is 4.72. The third-order valence-corrected chi connectivity index (χ3v) is 1.10. The molecule has 1 N–H and O–H groups in total. The van der Waals surface area contributed by atoms with Gasteiger partial charge in [-0.05, 0) is 12.1 Å². The molecule has 0 saturated carbocycles. The third-order valence-electron chi connectivity index (χ3n) is 1.10. The Hall–Kier alpha value is -0.380. The molecule has 0 aromatic heterocycles. The summed E-state index contributed by atoms with van der Waals surface area (Å²) in [6.07, 6.45) is 0. The first kappa shape index (κ1) is 10.6. The predicted molar refractivity (Wildman–Crippen MR) is 39.1 cm³/mol. The van der Waals surface area contributed by atoms with Gasteiger partial charge in [-0.25, -0.2) is 9.18 Å². The zero-order valence-corrected chi connectivity index (χ0v) is 8.04. The smallest absolute Gasteiger partial charge is 0.338 e. The summed E-state index contributed by atoms with van der Waals surface area (Å²) < 4.78 is 12.5. The number of hydrogen-bond donors (Lipinski definition) is 1. The molecule has 1 aromatic carbocycles. The first-order valence-electron chi connectivity index (χ1n) is 2.69. The molecule has 0 atom stereocenters. The number of carboxylic acids is 1.